The fourth-order valence-electron chi connectivity index (χ4n) is 3.31. The zero-order valence-corrected chi connectivity index (χ0v) is 15.3. The maximum Gasteiger partial charge on any atom is 0.107 e. The molecular weight excluding hydrogens is 292 g/mol. The summed E-state index contributed by atoms with van der Waals surface area (Å²) in [5.74, 6) is 0. The van der Waals surface area contributed by atoms with Crippen molar-refractivity contribution < 1.29 is 4.74 Å². The van der Waals surface area contributed by atoms with Gasteiger partial charge in [-0.25, -0.2) is 0 Å². The first kappa shape index (κ1) is 16.7. The van der Waals surface area contributed by atoms with Crippen molar-refractivity contribution in [2.45, 2.75) is 39.2 Å². The molecule has 0 aliphatic heterocycles. The van der Waals surface area contributed by atoms with Crippen LogP contribution in [-0.4, -0.2) is 7.11 Å². The van der Waals surface area contributed by atoms with Gasteiger partial charge in [-0.1, -0.05) is 80.9 Å². The molecule has 0 saturated carbocycles. The van der Waals surface area contributed by atoms with Crippen LogP contribution in [0.5, 0.6) is 0 Å². The van der Waals surface area contributed by atoms with Gasteiger partial charge in [0.25, 0.3) is 0 Å². The number of hydrogen-bond donors (Lipinski definition) is 0. The van der Waals surface area contributed by atoms with E-state index < -0.39 is 0 Å². The molecule has 24 heavy (non-hydrogen) atoms. The molecule has 1 heteroatoms. The van der Waals surface area contributed by atoms with Crippen molar-refractivity contribution in [1.29, 1.82) is 0 Å². The van der Waals surface area contributed by atoms with Gasteiger partial charge in [0, 0.05) is 7.11 Å². The fourth-order valence-corrected chi connectivity index (χ4v) is 3.31. The molecule has 0 spiro atoms. The predicted octanol–water partition coefficient (Wildman–Crippen LogP) is 6.18. The Balaban J connectivity index is 2.23. The minimum atomic E-state index is -0.0515. The van der Waals surface area contributed by atoms with E-state index in [0.717, 1.165) is 0 Å². The minimum absolute atomic E-state index is 0.0515. The molecule has 124 valence electrons. The van der Waals surface area contributed by atoms with Crippen LogP contribution in [0.3, 0.4) is 0 Å². The zero-order chi connectivity index (χ0) is 17.3. The van der Waals surface area contributed by atoms with Gasteiger partial charge < -0.3 is 4.74 Å². The van der Waals surface area contributed by atoms with Crippen LogP contribution in [0, 0.1) is 6.92 Å². The predicted molar refractivity (Wildman–Crippen MR) is 103 cm³/mol. The molecule has 1 nitrogen and oxygen atoms in total. The van der Waals surface area contributed by atoms with Gasteiger partial charge in [0.2, 0.25) is 0 Å². The molecule has 0 radical (unpaired) electrons. The van der Waals surface area contributed by atoms with Gasteiger partial charge in [0.05, 0.1) is 0 Å². The number of ether oxygens (including phenoxy) is 1. The van der Waals surface area contributed by atoms with Crippen LogP contribution in [0.4, 0.5) is 0 Å². The smallest absolute Gasteiger partial charge is 0.107 e. The lowest BCUT2D eigenvalue weighted by atomic mass is 9.80. The van der Waals surface area contributed by atoms with Gasteiger partial charge >= 0.3 is 0 Å². The van der Waals surface area contributed by atoms with E-state index in [4.69, 9.17) is 4.74 Å². The third-order valence-corrected chi connectivity index (χ3v) is 4.62. The Bertz CT molecular complexity index is 838. The van der Waals surface area contributed by atoms with E-state index in [9.17, 15) is 0 Å². The lowest BCUT2D eigenvalue weighted by Gasteiger charge is -2.28. The van der Waals surface area contributed by atoms with Crippen molar-refractivity contribution in [3.05, 3.63) is 82.9 Å². The SMILES string of the molecule is COC(c1ccc(C)cc1)c1cc2ccccc2cc1C(C)(C)C. The molecule has 1 atom stereocenters. The summed E-state index contributed by atoms with van der Waals surface area (Å²) in [6.07, 6.45) is -0.0515. The van der Waals surface area contributed by atoms with E-state index in [0.29, 0.717) is 0 Å². The van der Waals surface area contributed by atoms with Crippen molar-refractivity contribution >= 4 is 10.8 Å². The van der Waals surface area contributed by atoms with Crippen LogP contribution >= 0.6 is 0 Å². The monoisotopic (exact) mass is 318 g/mol. The molecule has 0 bridgehead atoms. The van der Waals surface area contributed by atoms with Crippen LogP contribution in [-0.2, 0) is 10.2 Å². The standard InChI is InChI=1S/C23H26O/c1-16-10-12-17(13-11-16)22(24-5)20-14-18-8-6-7-9-19(18)15-21(20)23(2,3)4/h6-15,22H,1-5H3. The summed E-state index contributed by atoms with van der Waals surface area (Å²) in [4.78, 5) is 0. The normalized spacial score (nSPS) is 13.2. The molecule has 0 aromatic heterocycles. The molecule has 3 rings (SSSR count). The Morgan fingerprint density at radius 2 is 1.42 bits per heavy atom. The van der Waals surface area contributed by atoms with Gasteiger partial charge in [-0.2, -0.15) is 0 Å². The van der Waals surface area contributed by atoms with Crippen LogP contribution in [0.1, 0.15) is 49.1 Å². The average molecular weight is 318 g/mol. The van der Waals surface area contributed by atoms with Gasteiger partial charge in [0.15, 0.2) is 0 Å². The number of benzene rings is 3. The number of fused-ring (bicyclic) bond motifs is 1. The number of methoxy groups -OCH3 is 1. The van der Waals surface area contributed by atoms with Gasteiger partial charge in [-0.05, 0) is 45.9 Å². The van der Waals surface area contributed by atoms with E-state index in [-0.39, 0.29) is 11.5 Å². The highest BCUT2D eigenvalue weighted by atomic mass is 16.5. The molecule has 0 fully saturated rings. The van der Waals surface area contributed by atoms with E-state index in [1.54, 1.807) is 7.11 Å². The molecule has 0 saturated heterocycles. The Labute approximate surface area is 145 Å². The van der Waals surface area contributed by atoms with Crippen LogP contribution in [0.25, 0.3) is 10.8 Å². The maximum atomic E-state index is 5.95. The number of hydrogen-bond acceptors (Lipinski definition) is 1. The van der Waals surface area contributed by atoms with Crippen molar-refractivity contribution in [1.82, 2.24) is 0 Å². The highest BCUT2D eigenvalue weighted by Crippen LogP contribution is 2.37. The lowest BCUT2D eigenvalue weighted by Crippen LogP contribution is -2.17. The van der Waals surface area contributed by atoms with Crippen LogP contribution < -0.4 is 0 Å². The largest absolute Gasteiger partial charge is 0.372 e. The van der Waals surface area contributed by atoms with Crippen molar-refractivity contribution in [2.75, 3.05) is 7.11 Å². The second-order valence-electron chi connectivity index (χ2n) is 7.56. The van der Waals surface area contributed by atoms with Crippen molar-refractivity contribution in [2.24, 2.45) is 0 Å². The maximum absolute atomic E-state index is 5.95. The topological polar surface area (TPSA) is 9.23 Å². The summed E-state index contributed by atoms with van der Waals surface area (Å²) in [5, 5.41) is 2.54. The quantitative estimate of drug-likeness (QED) is 0.560. The van der Waals surface area contributed by atoms with Gasteiger partial charge in [0.1, 0.15) is 6.10 Å². The van der Waals surface area contributed by atoms with E-state index in [2.05, 4.69) is 88.4 Å². The molecule has 0 N–H and O–H groups in total. The van der Waals surface area contributed by atoms with Crippen LogP contribution in [0.2, 0.25) is 0 Å². The average Bonchev–Trinajstić information content (AvgIpc) is 2.55. The summed E-state index contributed by atoms with van der Waals surface area (Å²) in [6, 6.07) is 21.8. The molecule has 3 aromatic rings. The molecule has 0 aliphatic carbocycles. The molecule has 0 aliphatic rings. The Morgan fingerprint density at radius 3 is 1.96 bits per heavy atom. The second-order valence-corrected chi connectivity index (χ2v) is 7.56. The highest BCUT2D eigenvalue weighted by Gasteiger charge is 2.24. The first-order valence-electron chi connectivity index (χ1n) is 8.52. The van der Waals surface area contributed by atoms with Gasteiger partial charge in [-0.3, -0.25) is 0 Å². The third-order valence-electron chi connectivity index (χ3n) is 4.62. The summed E-state index contributed by atoms with van der Waals surface area (Å²) >= 11 is 0. The molecule has 3 aromatic carbocycles. The Morgan fingerprint density at radius 1 is 0.833 bits per heavy atom. The number of rotatable bonds is 3. The minimum Gasteiger partial charge on any atom is -0.372 e. The van der Waals surface area contributed by atoms with Crippen molar-refractivity contribution in [3.8, 4) is 0 Å². The first-order valence-corrected chi connectivity index (χ1v) is 8.52. The zero-order valence-electron chi connectivity index (χ0n) is 15.3. The molecule has 0 heterocycles. The fraction of sp³-hybridized carbons (Fsp3) is 0.304. The summed E-state index contributed by atoms with van der Waals surface area (Å²) in [6.45, 7) is 8.91. The van der Waals surface area contributed by atoms with Crippen LogP contribution in [0.15, 0.2) is 60.7 Å². The molecule has 1 unspecified atom stereocenters. The summed E-state index contributed by atoms with van der Waals surface area (Å²) in [7, 11) is 1.80. The molecule has 0 amide bonds. The lowest BCUT2D eigenvalue weighted by molar-refractivity contribution is 0.135. The summed E-state index contributed by atoms with van der Waals surface area (Å²) in [5.41, 5.74) is 5.12. The number of aryl methyl sites for hydroxylation is 1. The summed E-state index contributed by atoms with van der Waals surface area (Å²) < 4.78 is 5.95. The second kappa shape index (κ2) is 6.41. The first-order chi connectivity index (χ1) is 11.4. The van der Waals surface area contributed by atoms with E-state index in [1.165, 1.54) is 33.0 Å². The molecular formula is C23H26O. The Kier molecular flexibility index (Phi) is 4.47. The highest BCUT2D eigenvalue weighted by molar-refractivity contribution is 5.84. The van der Waals surface area contributed by atoms with E-state index >= 15 is 0 Å². The Hall–Kier alpha value is -2.12. The van der Waals surface area contributed by atoms with Crippen molar-refractivity contribution in [3.63, 3.8) is 0 Å². The van der Waals surface area contributed by atoms with Gasteiger partial charge in [-0.15, -0.1) is 0 Å². The third kappa shape index (κ3) is 3.22. The van der Waals surface area contributed by atoms with E-state index in [1.807, 2.05) is 0 Å².